The van der Waals surface area contributed by atoms with Gasteiger partial charge >= 0.3 is 0 Å². The number of guanidine groups is 1. The zero-order valence-electron chi connectivity index (χ0n) is 15.6. The Morgan fingerprint density at radius 3 is 2.56 bits per heavy atom. The normalized spacial score (nSPS) is 11.4. The molecule has 0 unspecified atom stereocenters. The molecule has 0 saturated heterocycles. The molecule has 3 aromatic rings. The molecule has 140 valence electrons. The Balaban J connectivity index is 1.59. The molecule has 27 heavy (non-hydrogen) atoms. The fourth-order valence-corrected chi connectivity index (χ4v) is 2.78. The number of aryl methyl sites for hydroxylation is 1. The van der Waals surface area contributed by atoms with E-state index in [2.05, 4.69) is 32.9 Å². The molecule has 0 amide bonds. The first-order chi connectivity index (χ1) is 13.2. The SMILES string of the molecule is CN=C(NCc1ccc(C)c(F)c1)NCc1ccccc1Cn1cccn1. The molecule has 0 bridgehead atoms. The number of nitrogens with one attached hydrogen (secondary N) is 2. The van der Waals surface area contributed by atoms with Crippen molar-refractivity contribution in [3.05, 3.63) is 89.0 Å². The smallest absolute Gasteiger partial charge is 0.191 e. The Kier molecular flexibility index (Phi) is 6.20. The maximum Gasteiger partial charge on any atom is 0.191 e. The monoisotopic (exact) mass is 365 g/mol. The van der Waals surface area contributed by atoms with Crippen LogP contribution in [0.2, 0.25) is 0 Å². The fourth-order valence-electron chi connectivity index (χ4n) is 2.78. The van der Waals surface area contributed by atoms with Crippen LogP contribution in [0.4, 0.5) is 4.39 Å². The molecule has 0 spiro atoms. The van der Waals surface area contributed by atoms with E-state index < -0.39 is 0 Å². The van der Waals surface area contributed by atoms with Gasteiger partial charge in [0.2, 0.25) is 0 Å². The highest BCUT2D eigenvalue weighted by Gasteiger charge is 2.05. The second-order valence-corrected chi connectivity index (χ2v) is 6.34. The molecule has 0 atom stereocenters. The first kappa shape index (κ1) is 18.6. The maximum absolute atomic E-state index is 13.7. The molecule has 0 aliphatic carbocycles. The van der Waals surface area contributed by atoms with Gasteiger partial charge in [0.05, 0.1) is 6.54 Å². The number of halogens is 1. The molecule has 2 aromatic carbocycles. The molecule has 0 aliphatic rings. The summed E-state index contributed by atoms with van der Waals surface area (Å²) in [6.45, 7) is 3.62. The van der Waals surface area contributed by atoms with Gasteiger partial charge in [0.15, 0.2) is 5.96 Å². The van der Waals surface area contributed by atoms with E-state index in [-0.39, 0.29) is 5.82 Å². The second kappa shape index (κ2) is 8.98. The van der Waals surface area contributed by atoms with Crippen LogP contribution in [0.15, 0.2) is 65.9 Å². The summed E-state index contributed by atoms with van der Waals surface area (Å²) in [4.78, 5) is 4.25. The number of nitrogens with zero attached hydrogens (tertiary/aromatic N) is 3. The van der Waals surface area contributed by atoms with E-state index in [4.69, 9.17) is 0 Å². The average molecular weight is 365 g/mol. The molecule has 6 heteroatoms. The van der Waals surface area contributed by atoms with Gasteiger partial charge in [-0.3, -0.25) is 9.67 Å². The van der Waals surface area contributed by atoms with Gasteiger partial charge in [-0.25, -0.2) is 4.39 Å². The van der Waals surface area contributed by atoms with E-state index in [1.807, 2.05) is 35.1 Å². The van der Waals surface area contributed by atoms with Crippen molar-refractivity contribution in [2.24, 2.45) is 4.99 Å². The molecule has 0 fully saturated rings. The largest absolute Gasteiger partial charge is 0.352 e. The van der Waals surface area contributed by atoms with Crippen LogP contribution in [0.25, 0.3) is 0 Å². The maximum atomic E-state index is 13.7. The van der Waals surface area contributed by atoms with Crippen molar-refractivity contribution in [1.82, 2.24) is 20.4 Å². The first-order valence-electron chi connectivity index (χ1n) is 8.89. The average Bonchev–Trinajstić information content (AvgIpc) is 3.19. The second-order valence-electron chi connectivity index (χ2n) is 6.34. The minimum absolute atomic E-state index is 0.190. The molecule has 0 saturated carbocycles. The summed E-state index contributed by atoms with van der Waals surface area (Å²) in [6, 6.07) is 15.4. The Bertz CT molecular complexity index is 903. The summed E-state index contributed by atoms with van der Waals surface area (Å²) in [5.41, 5.74) is 3.90. The van der Waals surface area contributed by atoms with Gasteiger partial charge in [-0.05, 0) is 41.3 Å². The van der Waals surface area contributed by atoms with Crippen molar-refractivity contribution in [3.63, 3.8) is 0 Å². The molecule has 3 rings (SSSR count). The van der Waals surface area contributed by atoms with Crippen LogP contribution >= 0.6 is 0 Å². The Hall–Kier alpha value is -3.15. The van der Waals surface area contributed by atoms with Crippen LogP contribution in [0.5, 0.6) is 0 Å². The molecule has 1 aromatic heterocycles. The minimum Gasteiger partial charge on any atom is -0.352 e. The van der Waals surface area contributed by atoms with Crippen molar-refractivity contribution in [1.29, 1.82) is 0 Å². The van der Waals surface area contributed by atoms with Crippen LogP contribution in [0.1, 0.15) is 22.3 Å². The van der Waals surface area contributed by atoms with Gasteiger partial charge in [0.25, 0.3) is 0 Å². The summed E-state index contributed by atoms with van der Waals surface area (Å²) in [5, 5.41) is 10.8. The number of rotatable bonds is 6. The minimum atomic E-state index is -0.190. The van der Waals surface area contributed by atoms with Gasteiger partial charge in [0, 0.05) is 32.5 Å². The van der Waals surface area contributed by atoms with E-state index in [1.165, 1.54) is 11.1 Å². The summed E-state index contributed by atoms with van der Waals surface area (Å²) >= 11 is 0. The van der Waals surface area contributed by atoms with Crippen LogP contribution in [0, 0.1) is 12.7 Å². The third kappa shape index (κ3) is 5.17. The molecule has 5 nitrogen and oxygen atoms in total. The van der Waals surface area contributed by atoms with E-state index in [0.29, 0.717) is 24.6 Å². The van der Waals surface area contributed by atoms with Gasteiger partial charge in [0.1, 0.15) is 5.82 Å². The van der Waals surface area contributed by atoms with Gasteiger partial charge in [-0.15, -0.1) is 0 Å². The van der Waals surface area contributed by atoms with E-state index in [1.54, 1.807) is 32.3 Å². The van der Waals surface area contributed by atoms with Crippen LogP contribution in [-0.4, -0.2) is 22.8 Å². The number of hydrogen-bond donors (Lipinski definition) is 2. The lowest BCUT2D eigenvalue weighted by molar-refractivity contribution is 0.615. The lowest BCUT2D eigenvalue weighted by atomic mass is 10.1. The number of benzene rings is 2. The van der Waals surface area contributed by atoms with E-state index in [0.717, 1.165) is 12.1 Å². The van der Waals surface area contributed by atoms with Crippen LogP contribution in [0.3, 0.4) is 0 Å². The molecular formula is C21H24FN5. The van der Waals surface area contributed by atoms with E-state index >= 15 is 0 Å². The van der Waals surface area contributed by atoms with Crippen molar-refractivity contribution in [2.75, 3.05) is 7.05 Å². The van der Waals surface area contributed by atoms with E-state index in [9.17, 15) is 4.39 Å². The van der Waals surface area contributed by atoms with Crippen LogP contribution < -0.4 is 10.6 Å². The predicted octanol–water partition coefficient (Wildman–Crippen LogP) is 3.24. The first-order valence-corrected chi connectivity index (χ1v) is 8.89. The highest BCUT2D eigenvalue weighted by molar-refractivity contribution is 5.79. The Labute approximate surface area is 159 Å². The number of aromatic nitrogens is 2. The lowest BCUT2D eigenvalue weighted by Crippen LogP contribution is -2.36. The molecule has 2 N–H and O–H groups in total. The zero-order chi connectivity index (χ0) is 19.1. The topological polar surface area (TPSA) is 54.2 Å². The standard InChI is InChI=1S/C21H24FN5/c1-16-8-9-17(12-20(16)22)13-24-21(23-2)25-14-18-6-3-4-7-19(18)15-27-11-5-10-26-27/h3-12H,13-15H2,1-2H3,(H2,23,24,25). The van der Waals surface area contributed by atoms with Crippen LogP contribution in [-0.2, 0) is 19.6 Å². The lowest BCUT2D eigenvalue weighted by Gasteiger charge is -2.14. The Morgan fingerprint density at radius 1 is 1.07 bits per heavy atom. The highest BCUT2D eigenvalue weighted by Crippen LogP contribution is 2.11. The molecular weight excluding hydrogens is 341 g/mol. The third-order valence-electron chi connectivity index (χ3n) is 4.38. The van der Waals surface area contributed by atoms with Gasteiger partial charge < -0.3 is 10.6 Å². The van der Waals surface area contributed by atoms with Crippen molar-refractivity contribution < 1.29 is 4.39 Å². The quantitative estimate of drug-likeness (QED) is 0.521. The summed E-state index contributed by atoms with van der Waals surface area (Å²) < 4.78 is 15.6. The Morgan fingerprint density at radius 2 is 1.85 bits per heavy atom. The fraction of sp³-hybridized carbons (Fsp3) is 0.238. The van der Waals surface area contributed by atoms with Crippen molar-refractivity contribution in [3.8, 4) is 0 Å². The van der Waals surface area contributed by atoms with Gasteiger partial charge in [-0.1, -0.05) is 36.4 Å². The summed E-state index contributed by atoms with van der Waals surface area (Å²) in [5.74, 6) is 0.481. The number of hydrogen-bond acceptors (Lipinski definition) is 2. The van der Waals surface area contributed by atoms with Crippen molar-refractivity contribution in [2.45, 2.75) is 26.6 Å². The molecule has 0 radical (unpaired) electrons. The highest BCUT2D eigenvalue weighted by atomic mass is 19.1. The molecule has 1 heterocycles. The van der Waals surface area contributed by atoms with Gasteiger partial charge in [-0.2, -0.15) is 5.10 Å². The summed E-state index contributed by atoms with van der Waals surface area (Å²) in [6.07, 6.45) is 3.73. The zero-order valence-corrected chi connectivity index (χ0v) is 15.6. The predicted molar refractivity (Wildman–Crippen MR) is 106 cm³/mol. The third-order valence-corrected chi connectivity index (χ3v) is 4.38. The number of aliphatic imine (C=N–C) groups is 1. The van der Waals surface area contributed by atoms with Crippen molar-refractivity contribution >= 4 is 5.96 Å². The molecule has 0 aliphatic heterocycles. The summed E-state index contributed by atoms with van der Waals surface area (Å²) in [7, 11) is 1.72.